The molecule has 0 radical (unpaired) electrons. The number of hydrogen-bond acceptors (Lipinski definition) is 5. The van der Waals surface area contributed by atoms with Gasteiger partial charge in [0.25, 0.3) is 5.89 Å². The molecule has 0 spiro atoms. The van der Waals surface area contributed by atoms with E-state index in [1.807, 2.05) is 0 Å². The second kappa shape index (κ2) is 2.61. The highest BCUT2D eigenvalue weighted by atomic mass is 16.5. The zero-order chi connectivity index (χ0) is 8.39. The van der Waals surface area contributed by atoms with Gasteiger partial charge in [-0.25, -0.2) is 4.98 Å². The molecule has 5 heteroatoms. The number of aromatic nitrogens is 3. The van der Waals surface area contributed by atoms with E-state index in [4.69, 9.17) is 10.3 Å². The Kier molecular flexibility index (Phi) is 1.48. The van der Waals surface area contributed by atoms with E-state index in [0.717, 1.165) is 0 Å². The Bertz CT molecular complexity index is 371. The van der Waals surface area contributed by atoms with Crippen LogP contribution in [0.1, 0.15) is 0 Å². The van der Waals surface area contributed by atoms with Gasteiger partial charge in [0, 0.05) is 6.20 Å². The number of nitrogen functional groups attached to an aromatic ring is 1. The van der Waals surface area contributed by atoms with E-state index in [0.29, 0.717) is 17.3 Å². The quantitative estimate of drug-likeness (QED) is 0.668. The SMILES string of the molecule is Nc1cccnc1-c1ncno1. The zero-order valence-corrected chi connectivity index (χ0v) is 6.14. The summed E-state index contributed by atoms with van der Waals surface area (Å²) >= 11 is 0. The van der Waals surface area contributed by atoms with Crippen LogP contribution in [0.4, 0.5) is 5.69 Å². The van der Waals surface area contributed by atoms with Gasteiger partial charge in [-0.3, -0.25) is 0 Å². The van der Waals surface area contributed by atoms with E-state index in [1.54, 1.807) is 18.3 Å². The van der Waals surface area contributed by atoms with E-state index in [1.165, 1.54) is 6.33 Å². The van der Waals surface area contributed by atoms with E-state index in [9.17, 15) is 0 Å². The average molecular weight is 162 g/mol. The second-order valence-electron chi connectivity index (χ2n) is 2.19. The predicted molar refractivity (Wildman–Crippen MR) is 41.9 cm³/mol. The van der Waals surface area contributed by atoms with E-state index >= 15 is 0 Å². The van der Waals surface area contributed by atoms with Gasteiger partial charge in [0.2, 0.25) is 0 Å². The third kappa shape index (κ3) is 1.01. The van der Waals surface area contributed by atoms with Gasteiger partial charge in [-0.2, -0.15) is 4.98 Å². The molecule has 0 saturated carbocycles. The van der Waals surface area contributed by atoms with Crippen LogP contribution >= 0.6 is 0 Å². The topological polar surface area (TPSA) is 77.8 Å². The molecule has 12 heavy (non-hydrogen) atoms. The van der Waals surface area contributed by atoms with Gasteiger partial charge in [0.15, 0.2) is 12.0 Å². The fourth-order valence-electron chi connectivity index (χ4n) is 0.874. The number of anilines is 1. The molecule has 0 atom stereocenters. The largest absolute Gasteiger partial charge is 0.397 e. The first-order chi connectivity index (χ1) is 5.88. The summed E-state index contributed by atoms with van der Waals surface area (Å²) in [6.45, 7) is 0. The molecule has 2 rings (SSSR count). The normalized spacial score (nSPS) is 10.0. The van der Waals surface area contributed by atoms with Crippen LogP contribution in [0.25, 0.3) is 11.6 Å². The molecular weight excluding hydrogens is 156 g/mol. The lowest BCUT2D eigenvalue weighted by Crippen LogP contribution is -1.91. The van der Waals surface area contributed by atoms with Crippen LogP contribution in [0, 0.1) is 0 Å². The smallest absolute Gasteiger partial charge is 0.278 e. The summed E-state index contributed by atoms with van der Waals surface area (Å²) in [5.74, 6) is 0.341. The standard InChI is InChI=1S/C7H6N4O/c8-5-2-1-3-9-6(5)7-10-4-11-12-7/h1-4H,8H2. The fraction of sp³-hybridized carbons (Fsp3) is 0. The fourth-order valence-corrected chi connectivity index (χ4v) is 0.874. The summed E-state index contributed by atoms with van der Waals surface area (Å²) in [4.78, 5) is 7.83. The van der Waals surface area contributed by atoms with Gasteiger partial charge >= 0.3 is 0 Å². The summed E-state index contributed by atoms with van der Waals surface area (Å²) in [5.41, 5.74) is 6.67. The lowest BCUT2D eigenvalue weighted by Gasteiger charge is -1.96. The Morgan fingerprint density at radius 2 is 2.25 bits per heavy atom. The van der Waals surface area contributed by atoms with Crippen molar-refractivity contribution in [3.63, 3.8) is 0 Å². The van der Waals surface area contributed by atoms with Crippen LogP contribution in [0.3, 0.4) is 0 Å². The molecule has 0 fully saturated rings. The first kappa shape index (κ1) is 6.78. The van der Waals surface area contributed by atoms with Crippen molar-refractivity contribution in [3.05, 3.63) is 24.7 Å². The molecule has 2 aromatic rings. The minimum atomic E-state index is 0.341. The number of rotatable bonds is 1. The molecule has 2 N–H and O–H groups in total. The molecule has 5 nitrogen and oxygen atoms in total. The number of pyridine rings is 1. The third-order valence-corrected chi connectivity index (χ3v) is 1.40. The highest BCUT2D eigenvalue weighted by molar-refractivity contribution is 5.64. The van der Waals surface area contributed by atoms with Crippen LogP contribution < -0.4 is 5.73 Å². The Morgan fingerprint density at radius 3 is 2.92 bits per heavy atom. The monoisotopic (exact) mass is 162 g/mol. The van der Waals surface area contributed by atoms with Crippen molar-refractivity contribution in [1.29, 1.82) is 0 Å². The van der Waals surface area contributed by atoms with Crippen molar-refractivity contribution in [3.8, 4) is 11.6 Å². The summed E-state index contributed by atoms with van der Waals surface area (Å²) in [6.07, 6.45) is 2.93. The molecule has 0 unspecified atom stereocenters. The van der Waals surface area contributed by atoms with Gasteiger partial charge in [-0.1, -0.05) is 5.16 Å². The van der Waals surface area contributed by atoms with Crippen LogP contribution in [-0.4, -0.2) is 15.1 Å². The van der Waals surface area contributed by atoms with Gasteiger partial charge < -0.3 is 10.3 Å². The van der Waals surface area contributed by atoms with E-state index < -0.39 is 0 Å². The molecular formula is C7H6N4O. The van der Waals surface area contributed by atoms with Crippen molar-refractivity contribution < 1.29 is 4.52 Å². The molecule has 0 amide bonds. The maximum atomic E-state index is 5.62. The minimum Gasteiger partial charge on any atom is -0.397 e. The summed E-state index contributed by atoms with van der Waals surface area (Å²) in [7, 11) is 0. The predicted octanol–water partition coefficient (Wildman–Crippen LogP) is 0.714. The van der Waals surface area contributed by atoms with Gasteiger partial charge in [0.1, 0.15) is 0 Å². The lowest BCUT2D eigenvalue weighted by atomic mass is 10.3. The van der Waals surface area contributed by atoms with Crippen molar-refractivity contribution in [2.45, 2.75) is 0 Å². The number of hydrogen-bond donors (Lipinski definition) is 1. The molecule has 2 heterocycles. The maximum absolute atomic E-state index is 5.62. The van der Waals surface area contributed by atoms with Gasteiger partial charge in [-0.05, 0) is 12.1 Å². The van der Waals surface area contributed by atoms with Gasteiger partial charge in [0.05, 0.1) is 5.69 Å². The molecule has 0 bridgehead atoms. The highest BCUT2D eigenvalue weighted by Crippen LogP contribution is 2.18. The molecule has 0 aromatic carbocycles. The van der Waals surface area contributed by atoms with E-state index in [2.05, 4.69) is 15.1 Å². The highest BCUT2D eigenvalue weighted by Gasteiger charge is 2.07. The first-order valence-electron chi connectivity index (χ1n) is 3.35. The minimum absolute atomic E-state index is 0.341. The Hall–Kier alpha value is -1.91. The molecule has 0 saturated heterocycles. The van der Waals surface area contributed by atoms with Crippen molar-refractivity contribution in [2.75, 3.05) is 5.73 Å². The first-order valence-corrected chi connectivity index (χ1v) is 3.35. The average Bonchev–Trinajstić information content (AvgIpc) is 2.57. The molecule has 2 aromatic heterocycles. The van der Waals surface area contributed by atoms with Crippen molar-refractivity contribution >= 4 is 5.69 Å². The molecule has 60 valence electrons. The Morgan fingerprint density at radius 1 is 1.33 bits per heavy atom. The Labute approximate surface area is 68.2 Å². The van der Waals surface area contributed by atoms with Crippen LogP contribution in [-0.2, 0) is 0 Å². The van der Waals surface area contributed by atoms with Crippen LogP contribution in [0.2, 0.25) is 0 Å². The summed E-state index contributed by atoms with van der Waals surface area (Å²) in [5, 5.41) is 3.46. The Balaban J connectivity index is 2.55. The maximum Gasteiger partial charge on any atom is 0.278 e. The molecule has 0 aliphatic heterocycles. The summed E-state index contributed by atoms with van der Waals surface area (Å²) in [6, 6.07) is 3.47. The van der Waals surface area contributed by atoms with Crippen molar-refractivity contribution in [1.82, 2.24) is 15.1 Å². The second-order valence-corrected chi connectivity index (χ2v) is 2.19. The lowest BCUT2D eigenvalue weighted by molar-refractivity contribution is 0.429. The van der Waals surface area contributed by atoms with Crippen molar-refractivity contribution in [2.24, 2.45) is 0 Å². The number of nitrogens with two attached hydrogens (primary N) is 1. The van der Waals surface area contributed by atoms with Crippen LogP contribution in [0.5, 0.6) is 0 Å². The molecule has 0 aliphatic rings. The number of nitrogens with zero attached hydrogens (tertiary/aromatic N) is 3. The third-order valence-electron chi connectivity index (χ3n) is 1.40. The summed E-state index contributed by atoms with van der Waals surface area (Å²) < 4.78 is 4.80. The van der Waals surface area contributed by atoms with E-state index in [-0.39, 0.29) is 0 Å². The zero-order valence-electron chi connectivity index (χ0n) is 6.14. The van der Waals surface area contributed by atoms with Crippen LogP contribution in [0.15, 0.2) is 29.2 Å². The molecule has 0 aliphatic carbocycles. The van der Waals surface area contributed by atoms with Gasteiger partial charge in [-0.15, -0.1) is 0 Å².